The number of likely N-dealkylation sites (tertiary alicyclic amines) is 1. The molecule has 0 bridgehead atoms. The number of nitrogens with zero attached hydrogens (tertiary/aromatic N) is 4. The summed E-state index contributed by atoms with van der Waals surface area (Å²) in [5, 5.41) is 7.63. The predicted octanol–water partition coefficient (Wildman–Crippen LogP) is 2.44. The Morgan fingerprint density at radius 2 is 2.00 bits per heavy atom. The summed E-state index contributed by atoms with van der Waals surface area (Å²) in [6.45, 7) is 2.59. The molecule has 0 saturated carbocycles. The normalized spacial score (nSPS) is 17.3. The number of Topliss-reactive ketones (excluding diaryl/α,β-unsaturated/α-hetero) is 1. The highest BCUT2D eigenvalue weighted by molar-refractivity contribution is 5.92. The molecule has 1 aliphatic heterocycles. The van der Waals surface area contributed by atoms with Crippen LogP contribution in [0.4, 0.5) is 8.78 Å². The van der Waals surface area contributed by atoms with Gasteiger partial charge in [-0.3, -0.25) is 9.59 Å². The number of aromatic nitrogens is 3. The van der Waals surface area contributed by atoms with Crippen molar-refractivity contribution in [2.24, 2.45) is 5.92 Å². The van der Waals surface area contributed by atoms with E-state index in [1.54, 1.807) is 4.90 Å². The van der Waals surface area contributed by atoms with E-state index in [9.17, 15) is 18.4 Å². The van der Waals surface area contributed by atoms with Crippen molar-refractivity contribution in [3.05, 3.63) is 47.3 Å². The van der Waals surface area contributed by atoms with Gasteiger partial charge in [0.15, 0.2) is 5.69 Å². The molecule has 1 amide bonds. The van der Waals surface area contributed by atoms with Crippen LogP contribution in [0.3, 0.4) is 0 Å². The number of hydrogen-bond donors (Lipinski definition) is 0. The van der Waals surface area contributed by atoms with Crippen molar-refractivity contribution in [2.45, 2.75) is 32.7 Å². The molecule has 8 heteroatoms. The highest BCUT2D eigenvalue weighted by Gasteiger charge is 2.29. The fourth-order valence-corrected chi connectivity index (χ4v) is 3.19. The lowest BCUT2D eigenvalue weighted by atomic mass is 9.92. The Balaban J connectivity index is 1.71. The molecular formula is C18H20F2N4O2. The van der Waals surface area contributed by atoms with Gasteiger partial charge in [-0.1, -0.05) is 18.2 Å². The highest BCUT2D eigenvalue weighted by atomic mass is 19.1. The molecule has 1 fully saturated rings. The maximum Gasteiger partial charge on any atom is 0.276 e. The fraction of sp³-hybridized carbons (Fsp3) is 0.444. The van der Waals surface area contributed by atoms with Crippen LogP contribution in [-0.2, 0) is 11.3 Å². The number of ketones is 1. The first kappa shape index (κ1) is 18.2. The molecule has 6 nitrogen and oxygen atoms in total. The number of halogens is 2. The van der Waals surface area contributed by atoms with Gasteiger partial charge in [0.25, 0.3) is 5.91 Å². The van der Waals surface area contributed by atoms with Gasteiger partial charge in [-0.25, -0.2) is 13.5 Å². The van der Waals surface area contributed by atoms with Crippen molar-refractivity contribution < 1.29 is 18.4 Å². The second-order valence-corrected chi connectivity index (χ2v) is 6.41. The van der Waals surface area contributed by atoms with Crippen molar-refractivity contribution in [2.75, 3.05) is 13.1 Å². The molecule has 2 aromatic rings. The molecule has 0 unspecified atom stereocenters. The molecule has 0 aliphatic carbocycles. The van der Waals surface area contributed by atoms with Gasteiger partial charge in [0.1, 0.15) is 17.4 Å². The first-order valence-electron chi connectivity index (χ1n) is 8.64. The first-order valence-corrected chi connectivity index (χ1v) is 8.64. The van der Waals surface area contributed by atoms with Crippen LogP contribution >= 0.6 is 0 Å². The summed E-state index contributed by atoms with van der Waals surface area (Å²) in [5.74, 6) is -1.66. The van der Waals surface area contributed by atoms with E-state index >= 15 is 0 Å². The van der Waals surface area contributed by atoms with Crippen LogP contribution in [0.15, 0.2) is 24.4 Å². The topological polar surface area (TPSA) is 68.1 Å². The standard InChI is InChI=1S/C18H20F2N4O2/c1-2-17(25)12-5-4-8-23(9-12)18(26)16-11-24(22-21-16)10-13-14(19)6-3-7-15(13)20/h3,6-7,11-12H,2,4-5,8-10H2,1H3/t12-/m1/s1. The van der Waals surface area contributed by atoms with Crippen LogP contribution in [0.25, 0.3) is 0 Å². The summed E-state index contributed by atoms with van der Waals surface area (Å²) in [6.07, 6.45) is 3.38. The zero-order valence-electron chi connectivity index (χ0n) is 14.5. The SMILES string of the molecule is CCC(=O)[C@@H]1CCCN(C(=O)c2cn(Cc3c(F)cccc3F)nn2)C1. The van der Waals surface area contributed by atoms with Gasteiger partial charge in [-0.15, -0.1) is 5.10 Å². The monoisotopic (exact) mass is 362 g/mol. The van der Waals surface area contributed by atoms with Crippen molar-refractivity contribution in [3.8, 4) is 0 Å². The highest BCUT2D eigenvalue weighted by Crippen LogP contribution is 2.20. The largest absolute Gasteiger partial charge is 0.336 e. The number of amides is 1. The van der Waals surface area contributed by atoms with E-state index < -0.39 is 11.6 Å². The van der Waals surface area contributed by atoms with Crippen LogP contribution in [0.2, 0.25) is 0 Å². The van der Waals surface area contributed by atoms with Gasteiger partial charge in [0.2, 0.25) is 0 Å². The quantitative estimate of drug-likeness (QED) is 0.819. The second kappa shape index (κ2) is 7.72. The van der Waals surface area contributed by atoms with Crippen LogP contribution in [0, 0.1) is 17.6 Å². The average Bonchev–Trinajstić information content (AvgIpc) is 3.12. The Morgan fingerprint density at radius 1 is 1.27 bits per heavy atom. The molecule has 1 saturated heterocycles. The Hall–Kier alpha value is -2.64. The number of piperidine rings is 1. The Labute approximate surface area is 149 Å². The lowest BCUT2D eigenvalue weighted by Gasteiger charge is -2.31. The fourth-order valence-electron chi connectivity index (χ4n) is 3.19. The maximum absolute atomic E-state index is 13.7. The predicted molar refractivity (Wildman–Crippen MR) is 89.4 cm³/mol. The zero-order chi connectivity index (χ0) is 18.7. The minimum absolute atomic E-state index is 0.103. The Kier molecular flexibility index (Phi) is 5.39. The van der Waals surface area contributed by atoms with Gasteiger partial charge in [-0.05, 0) is 25.0 Å². The van der Waals surface area contributed by atoms with E-state index in [0.29, 0.717) is 19.5 Å². The van der Waals surface area contributed by atoms with E-state index in [-0.39, 0.29) is 35.4 Å². The minimum Gasteiger partial charge on any atom is -0.336 e. The van der Waals surface area contributed by atoms with E-state index in [1.165, 1.54) is 29.1 Å². The van der Waals surface area contributed by atoms with E-state index in [2.05, 4.69) is 10.3 Å². The smallest absolute Gasteiger partial charge is 0.276 e. The summed E-state index contributed by atoms with van der Waals surface area (Å²) in [5.41, 5.74) is -0.0330. The summed E-state index contributed by atoms with van der Waals surface area (Å²) >= 11 is 0. The molecule has 138 valence electrons. The first-order chi connectivity index (χ1) is 12.5. The van der Waals surface area contributed by atoms with Crippen molar-refractivity contribution >= 4 is 11.7 Å². The third kappa shape index (κ3) is 3.79. The van der Waals surface area contributed by atoms with Gasteiger partial charge in [-0.2, -0.15) is 0 Å². The van der Waals surface area contributed by atoms with Crippen LogP contribution in [0.5, 0.6) is 0 Å². The zero-order valence-corrected chi connectivity index (χ0v) is 14.5. The van der Waals surface area contributed by atoms with Crippen molar-refractivity contribution in [3.63, 3.8) is 0 Å². The Bertz CT molecular complexity index is 801. The number of rotatable bonds is 5. The molecule has 1 atom stereocenters. The number of carbonyl (C=O) groups excluding carboxylic acids is 2. The van der Waals surface area contributed by atoms with E-state index in [1.807, 2.05) is 6.92 Å². The molecule has 26 heavy (non-hydrogen) atoms. The third-order valence-electron chi connectivity index (χ3n) is 4.65. The third-order valence-corrected chi connectivity index (χ3v) is 4.65. The molecule has 1 aliphatic rings. The molecule has 2 heterocycles. The van der Waals surface area contributed by atoms with Crippen molar-refractivity contribution in [1.82, 2.24) is 19.9 Å². The van der Waals surface area contributed by atoms with Gasteiger partial charge in [0, 0.05) is 31.0 Å². The summed E-state index contributed by atoms with van der Waals surface area (Å²) in [6, 6.07) is 3.62. The van der Waals surface area contributed by atoms with E-state index in [0.717, 1.165) is 12.8 Å². The Morgan fingerprint density at radius 3 is 2.69 bits per heavy atom. The summed E-state index contributed by atoms with van der Waals surface area (Å²) in [4.78, 5) is 26.1. The molecule has 3 rings (SSSR count). The molecule has 1 aromatic heterocycles. The van der Waals surface area contributed by atoms with Crippen LogP contribution < -0.4 is 0 Å². The van der Waals surface area contributed by atoms with E-state index in [4.69, 9.17) is 0 Å². The molecule has 0 N–H and O–H groups in total. The second-order valence-electron chi connectivity index (χ2n) is 6.41. The van der Waals surface area contributed by atoms with Gasteiger partial charge in [0.05, 0.1) is 12.7 Å². The van der Waals surface area contributed by atoms with Gasteiger partial charge < -0.3 is 4.90 Å². The number of hydrogen-bond acceptors (Lipinski definition) is 4. The molecule has 0 radical (unpaired) electrons. The van der Waals surface area contributed by atoms with Gasteiger partial charge >= 0.3 is 0 Å². The molecule has 1 aromatic carbocycles. The maximum atomic E-state index is 13.7. The lowest BCUT2D eigenvalue weighted by molar-refractivity contribution is -0.123. The van der Waals surface area contributed by atoms with Crippen LogP contribution in [-0.4, -0.2) is 44.7 Å². The van der Waals surface area contributed by atoms with Crippen LogP contribution in [0.1, 0.15) is 42.2 Å². The summed E-state index contributed by atoms with van der Waals surface area (Å²) in [7, 11) is 0. The van der Waals surface area contributed by atoms with Crippen molar-refractivity contribution in [1.29, 1.82) is 0 Å². The lowest BCUT2D eigenvalue weighted by Crippen LogP contribution is -2.42. The number of carbonyl (C=O) groups is 2. The summed E-state index contributed by atoms with van der Waals surface area (Å²) < 4.78 is 28.7. The molecular weight excluding hydrogens is 342 g/mol. The average molecular weight is 362 g/mol. The number of benzene rings is 1. The molecule has 0 spiro atoms. The minimum atomic E-state index is -0.676.